The number of nitrogens with one attached hydrogen (secondary N) is 1. The highest BCUT2D eigenvalue weighted by molar-refractivity contribution is 6.39. The maximum Gasteiger partial charge on any atom is 0.274 e. The maximum absolute atomic E-state index is 13.3. The molecule has 0 bridgehead atoms. The molecule has 1 fully saturated rings. The number of benzene rings is 1. The van der Waals surface area contributed by atoms with Crippen LogP contribution in [-0.2, 0) is 29.1 Å². The second kappa shape index (κ2) is 8.57. The Morgan fingerprint density at radius 3 is 2.44 bits per heavy atom. The lowest BCUT2D eigenvalue weighted by atomic mass is 10.0. The molecule has 1 aromatic carbocycles. The second-order valence-corrected chi connectivity index (χ2v) is 8.49. The lowest BCUT2D eigenvalue weighted by molar-refractivity contribution is -0.125. The van der Waals surface area contributed by atoms with Crippen molar-refractivity contribution in [3.8, 4) is 0 Å². The van der Waals surface area contributed by atoms with E-state index >= 15 is 0 Å². The molecule has 0 radical (unpaired) electrons. The average molecular weight is 435 g/mol. The van der Waals surface area contributed by atoms with Crippen molar-refractivity contribution in [3.05, 3.63) is 52.8 Å². The maximum atomic E-state index is 13.3. The van der Waals surface area contributed by atoms with Gasteiger partial charge in [-0.25, -0.2) is 5.43 Å². The lowest BCUT2D eigenvalue weighted by Gasteiger charge is -2.29. The zero-order valence-electron chi connectivity index (χ0n) is 17.9. The highest BCUT2D eigenvalue weighted by Crippen LogP contribution is 2.26. The largest absolute Gasteiger partial charge is 0.337 e. The molecule has 0 aliphatic carbocycles. The number of hydrazone groups is 1. The molecular formula is C23H26N6O3. The SMILES string of the molecule is O=C1CCC(C(=O)N2CCc3c(c(C(=O)N4CCCC4)nn3Cc3ccccc3)C2)=NN1. The van der Waals surface area contributed by atoms with Crippen molar-refractivity contribution < 1.29 is 14.4 Å². The molecule has 0 saturated carbocycles. The average Bonchev–Trinajstić information content (AvgIpc) is 3.48. The summed E-state index contributed by atoms with van der Waals surface area (Å²) in [6, 6.07) is 10.1. The molecule has 32 heavy (non-hydrogen) atoms. The molecule has 9 heteroatoms. The van der Waals surface area contributed by atoms with Gasteiger partial charge in [0, 0.05) is 50.2 Å². The summed E-state index contributed by atoms with van der Waals surface area (Å²) in [7, 11) is 0. The van der Waals surface area contributed by atoms with Crippen LogP contribution in [0.5, 0.6) is 0 Å². The van der Waals surface area contributed by atoms with Gasteiger partial charge in [0.2, 0.25) is 5.91 Å². The summed E-state index contributed by atoms with van der Waals surface area (Å²) in [5.74, 6) is -0.420. The summed E-state index contributed by atoms with van der Waals surface area (Å²) in [4.78, 5) is 41.2. The Kier molecular flexibility index (Phi) is 5.46. The highest BCUT2D eigenvalue weighted by atomic mass is 16.2. The van der Waals surface area contributed by atoms with Crippen LogP contribution in [0.15, 0.2) is 35.4 Å². The molecule has 4 heterocycles. The van der Waals surface area contributed by atoms with E-state index in [2.05, 4.69) is 10.5 Å². The summed E-state index contributed by atoms with van der Waals surface area (Å²) in [5, 5.41) is 8.70. The third-order valence-corrected chi connectivity index (χ3v) is 6.34. The Morgan fingerprint density at radius 2 is 1.72 bits per heavy atom. The van der Waals surface area contributed by atoms with Gasteiger partial charge >= 0.3 is 0 Å². The van der Waals surface area contributed by atoms with Gasteiger partial charge in [0.05, 0.1) is 13.1 Å². The van der Waals surface area contributed by atoms with Crippen LogP contribution in [0, 0.1) is 0 Å². The molecule has 3 aliphatic heterocycles. The Bertz CT molecular complexity index is 1080. The number of carbonyl (C=O) groups is 3. The first-order valence-corrected chi connectivity index (χ1v) is 11.2. The standard InChI is InChI=1S/C23H26N6O3/c30-20-9-8-18(24-25-20)22(31)28-13-10-19-17(15-28)21(23(32)27-11-4-5-12-27)26-29(19)14-16-6-2-1-3-7-16/h1-3,6-7H,4-5,8-15H2,(H,25,30). The molecule has 3 amide bonds. The van der Waals surface area contributed by atoms with Crippen molar-refractivity contribution in [1.29, 1.82) is 0 Å². The molecule has 1 N–H and O–H groups in total. The Labute approximate surface area is 186 Å². The Balaban J connectivity index is 1.45. The van der Waals surface area contributed by atoms with E-state index in [1.54, 1.807) is 4.90 Å². The van der Waals surface area contributed by atoms with Crippen molar-refractivity contribution in [2.24, 2.45) is 5.10 Å². The first-order valence-electron chi connectivity index (χ1n) is 11.2. The van der Waals surface area contributed by atoms with Gasteiger partial charge in [0.25, 0.3) is 11.8 Å². The molecule has 3 aliphatic rings. The van der Waals surface area contributed by atoms with Gasteiger partial charge in [-0.1, -0.05) is 30.3 Å². The zero-order valence-corrected chi connectivity index (χ0v) is 17.9. The van der Waals surface area contributed by atoms with E-state index in [1.165, 1.54) is 0 Å². The summed E-state index contributed by atoms with van der Waals surface area (Å²) in [6.07, 6.45) is 3.23. The molecule has 1 saturated heterocycles. The minimum atomic E-state index is -0.189. The quantitative estimate of drug-likeness (QED) is 0.784. The predicted molar refractivity (Wildman–Crippen MR) is 117 cm³/mol. The van der Waals surface area contributed by atoms with Crippen LogP contribution in [0.2, 0.25) is 0 Å². The number of nitrogens with zero attached hydrogens (tertiary/aromatic N) is 5. The van der Waals surface area contributed by atoms with E-state index < -0.39 is 0 Å². The van der Waals surface area contributed by atoms with Gasteiger partial charge in [-0.3, -0.25) is 19.1 Å². The van der Waals surface area contributed by atoms with E-state index in [1.807, 2.05) is 39.9 Å². The molecule has 0 unspecified atom stereocenters. The van der Waals surface area contributed by atoms with E-state index in [9.17, 15) is 14.4 Å². The summed E-state index contributed by atoms with van der Waals surface area (Å²) in [6.45, 7) is 2.93. The van der Waals surface area contributed by atoms with Crippen molar-refractivity contribution >= 4 is 23.4 Å². The molecule has 1 aromatic heterocycles. The van der Waals surface area contributed by atoms with Gasteiger partial charge in [-0.15, -0.1) is 0 Å². The van der Waals surface area contributed by atoms with Crippen LogP contribution >= 0.6 is 0 Å². The van der Waals surface area contributed by atoms with E-state index in [0.29, 0.717) is 43.9 Å². The van der Waals surface area contributed by atoms with Gasteiger partial charge in [-0.2, -0.15) is 10.2 Å². The number of hydrogen-bond donors (Lipinski definition) is 1. The minimum Gasteiger partial charge on any atom is -0.337 e. The Morgan fingerprint density at radius 1 is 0.938 bits per heavy atom. The van der Waals surface area contributed by atoms with Crippen molar-refractivity contribution in [2.45, 2.75) is 45.2 Å². The highest BCUT2D eigenvalue weighted by Gasteiger charge is 2.34. The fraction of sp³-hybridized carbons (Fsp3) is 0.435. The van der Waals surface area contributed by atoms with Crippen LogP contribution in [0.25, 0.3) is 0 Å². The van der Waals surface area contributed by atoms with E-state index in [0.717, 1.165) is 42.8 Å². The third-order valence-electron chi connectivity index (χ3n) is 6.34. The number of hydrogen-bond acceptors (Lipinski definition) is 5. The monoisotopic (exact) mass is 434 g/mol. The first kappa shape index (κ1) is 20.4. The molecule has 0 spiro atoms. The Hall–Kier alpha value is -3.49. The second-order valence-electron chi connectivity index (χ2n) is 8.49. The van der Waals surface area contributed by atoms with Crippen LogP contribution in [-0.4, -0.2) is 62.6 Å². The number of carbonyl (C=O) groups excluding carboxylic acids is 3. The number of likely N-dealkylation sites (tertiary alicyclic amines) is 1. The van der Waals surface area contributed by atoms with Crippen LogP contribution in [0.3, 0.4) is 0 Å². The number of aromatic nitrogens is 2. The van der Waals surface area contributed by atoms with Crippen molar-refractivity contribution in [3.63, 3.8) is 0 Å². The lowest BCUT2D eigenvalue weighted by Crippen LogP contribution is -2.43. The molecule has 0 atom stereocenters. The number of amides is 3. The molecule has 2 aromatic rings. The fourth-order valence-corrected chi connectivity index (χ4v) is 4.60. The number of fused-ring (bicyclic) bond motifs is 1. The molecule has 9 nitrogen and oxygen atoms in total. The van der Waals surface area contributed by atoms with Gasteiger partial charge in [0.1, 0.15) is 5.71 Å². The van der Waals surface area contributed by atoms with Crippen molar-refractivity contribution in [1.82, 2.24) is 25.0 Å². The summed E-state index contributed by atoms with van der Waals surface area (Å²) < 4.78 is 1.92. The van der Waals surface area contributed by atoms with Crippen molar-refractivity contribution in [2.75, 3.05) is 19.6 Å². The fourth-order valence-electron chi connectivity index (χ4n) is 4.60. The third kappa shape index (κ3) is 3.90. The minimum absolute atomic E-state index is 0.0536. The predicted octanol–water partition coefficient (Wildman–Crippen LogP) is 1.32. The normalized spacial score (nSPS) is 18.2. The smallest absolute Gasteiger partial charge is 0.274 e. The first-order chi connectivity index (χ1) is 15.6. The van der Waals surface area contributed by atoms with Crippen LogP contribution < -0.4 is 5.43 Å². The van der Waals surface area contributed by atoms with Crippen LogP contribution in [0.4, 0.5) is 0 Å². The van der Waals surface area contributed by atoms with Gasteiger partial charge in [-0.05, 0) is 18.4 Å². The zero-order chi connectivity index (χ0) is 22.1. The molecule has 166 valence electrons. The topological polar surface area (TPSA) is 99.9 Å². The van der Waals surface area contributed by atoms with Gasteiger partial charge in [0.15, 0.2) is 5.69 Å². The summed E-state index contributed by atoms with van der Waals surface area (Å²) in [5.41, 5.74) is 6.16. The van der Waals surface area contributed by atoms with E-state index in [4.69, 9.17) is 5.10 Å². The molecular weight excluding hydrogens is 408 g/mol. The van der Waals surface area contributed by atoms with Gasteiger partial charge < -0.3 is 9.80 Å². The summed E-state index contributed by atoms with van der Waals surface area (Å²) >= 11 is 0. The van der Waals surface area contributed by atoms with E-state index in [-0.39, 0.29) is 24.1 Å². The van der Waals surface area contributed by atoms with Crippen LogP contribution in [0.1, 0.15) is 53.0 Å². The number of rotatable bonds is 4. The molecule has 5 rings (SSSR count).